The highest BCUT2D eigenvalue weighted by atomic mass is 32.2. The summed E-state index contributed by atoms with van der Waals surface area (Å²) in [7, 11) is 0. The minimum atomic E-state index is -0.196. The Morgan fingerprint density at radius 3 is 2.78 bits per heavy atom. The predicted octanol–water partition coefficient (Wildman–Crippen LogP) is 3.96. The lowest BCUT2D eigenvalue weighted by Gasteiger charge is -2.22. The van der Waals surface area contributed by atoms with Crippen LogP contribution in [0.2, 0.25) is 0 Å². The SMILES string of the molecule is Cc1cccc(CC(O)CSC2CCCCC2)c1. The molecule has 0 aromatic heterocycles. The molecule has 1 unspecified atom stereocenters. The van der Waals surface area contributed by atoms with Gasteiger partial charge in [0.25, 0.3) is 0 Å². The second-order valence-corrected chi connectivity index (χ2v) is 6.77. The third kappa shape index (κ3) is 4.66. The second kappa shape index (κ2) is 7.20. The van der Waals surface area contributed by atoms with E-state index in [-0.39, 0.29) is 6.10 Å². The number of rotatable bonds is 5. The molecule has 1 nitrogen and oxygen atoms in total. The van der Waals surface area contributed by atoms with Gasteiger partial charge in [0.15, 0.2) is 0 Å². The zero-order chi connectivity index (χ0) is 12.8. The molecular formula is C16H24OS. The van der Waals surface area contributed by atoms with Crippen molar-refractivity contribution in [3.05, 3.63) is 35.4 Å². The lowest BCUT2D eigenvalue weighted by Crippen LogP contribution is -2.17. The van der Waals surface area contributed by atoms with Crippen LogP contribution in [0.25, 0.3) is 0 Å². The molecule has 1 aromatic carbocycles. The molecule has 2 rings (SSSR count). The molecule has 2 heteroatoms. The Balaban J connectivity index is 1.72. The van der Waals surface area contributed by atoms with Gasteiger partial charge in [-0.2, -0.15) is 11.8 Å². The van der Waals surface area contributed by atoms with E-state index in [0.29, 0.717) is 0 Å². The van der Waals surface area contributed by atoms with Gasteiger partial charge in [-0.3, -0.25) is 0 Å². The average Bonchev–Trinajstić information content (AvgIpc) is 2.38. The minimum Gasteiger partial charge on any atom is -0.392 e. The summed E-state index contributed by atoms with van der Waals surface area (Å²) < 4.78 is 0. The first-order chi connectivity index (χ1) is 8.74. The molecule has 0 radical (unpaired) electrons. The van der Waals surface area contributed by atoms with Crippen LogP contribution in [0.3, 0.4) is 0 Å². The van der Waals surface area contributed by atoms with E-state index in [9.17, 15) is 5.11 Å². The first-order valence-electron chi connectivity index (χ1n) is 7.09. The Morgan fingerprint density at radius 2 is 2.06 bits per heavy atom. The predicted molar refractivity (Wildman–Crippen MR) is 80.2 cm³/mol. The van der Waals surface area contributed by atoms with Gasteiger partial charge >= 0.3 is 0 Å². The van der Waals surface area contributed by atoms with Crippen molar-refractivity contribution in [3.63, 3.8) is 0 Å². The van der Waals surface area contributed by atoms with Crippen LogP contribution in [0.5, 0.6) is 0 Å². The number of thioether (sulfide) groups is 1. The van der Waals surface area contributed by atoms with E-state index >= 15 is 0 Å². The molecule has 0 amide bonds. The topological polar surface area (TPSA) is 20.2 Å². The molecule has 100 valence electrons. The lowest BCUT2D eigenvalue weighted by atomic mass is 10.0. The molecule has 1 aliphatic carbocycles. The van der Waals surface area contributed by atoms with E-state index in [0.717, 1.165) is 17.4 Å². The fourth-order valence-corrected chi connectivity index (χ4v) is 3.93. The van der Waals surface area contributed by atoms with Crippen LogP contribution in [0, 0.1) is 6.92 Å². The molecule has 1 aromatic rings. The fourth-order valence-electron chi connectivity index (χ4n) is 2.65. The van der Waals surface area contributed by atoms with Crippen LogP contribution in [0.15, 0.2) is 24.3 Å². The second-order valence-electron chi connectivity index (χ2n) is 5.44. The average molecular weight is 264 g/mol. The summed E-state index contributed by atoms with van der Waals surface area (Å²) in [5.41, 5.74) is 2.53. The molecule has 0 spiro atoms. The van der Waals surface area contributed by atoms with Crippen molar-refractivity contribution in [1.82, 2.24) is 0 Å². The van der Waals surface area contributed by atoms with Gasteiger partial charge in [-0.25, -0.2) is 0 Å². The molecule has 1 N–H and O–H groups in total. The van der Waals surface area contributed by atoms with E-state index in [1.165, 1.54) is 43.2 Å². The highest BCUT2D eigenvalue weighted by Crippen LogP contribution is 2.28. The number of aliphatic hydroxyl groups is 1. The Morgan fingerprint density at radius 1 is 1.28 bits per heavy atom. The van der Waals surface area contributed by atoms with Gasteiger partial charge in [0.2, 0.25) is 0 Å². The number of aliphatic hydroxyl groups excluding tert-OH is 1. The van der Waals surface area contributed by atoms with Gasteiger partial charge in [0.05, 0.1) is 6.10 Å². The van der Waals surface area contributed by atoms with Crippen molar-refractivity contribution in [1.29, 1.82) is 0 Å². The van der Waals surface area contributed by atoms with Crippen molar-refractivity contribution in [2.24, 2.45) is 0 Å². The van der Waals surface area contributed by atoms with Crippen LogP contribution < -0.4 is 0 Å². The summed E-state index contributed by atoms with van der Waals surface area (Å²) in [6.07, 6.45) is 7.46. The fraction of sp³-hybridized carbons (Fsp3) is 0.625. The van der Waals surface area contributed by atoms with Gasteiger partial charge in [0, 0.05) is 11.0 Å². The van der Waals surface area contributed by atoms with Crippen LogP contribution >= 0.6 is 11.8 Å². The number of hydrogen-bond acceptors (Lipinski definition) is 2. The van der Waals surface area contributed by atoms with Crippen molar-refractivity contribution in [3.8, 4) is 0 Å². The molecule has 1 fully saturated rings. The van der Waals surface area contributed by atoms with E-state index in [2.05, 4.69) is 31.2 Å². The van der Waals surface area contributed by atoms with Crippen LogP contribution in [-0.2, 0) is 6.42 Å². The Hall–Kier alpha value is -0.470. The van der Waals surface area contributed by atoms with Crippen LogP contribution in [-0.4, -0.2) is 22.2 Å². The summed E-state index contributed by atoms with van der Waals surface area (Å²) >= 11 is 1.98. The van der Waals surface area contributed by atoms with Crippen LogP contribution in [0.4, 0.5) is 0 Å². The zero-order valence-corrected chi connectivity index (χ0v) is 12.1. The highest BCUT2D eigenvalue weighted by Gasteiger charge is 2.15. The standard InChI is InChI=1S/C16H24OS/c1-13-6-5-7-14(10-13)11-15(17)12-18-16-8-3-2-4-9-16/h5-7,10,15-17H,2-4,8-9,11-12H2,1H3. The third-order valence-corrected chi connectivity index (χ3v) is 5.15. The maximum absolute atomic E-state index is 10.1. The van der Waals surface area contributed by atoms with Gasteiger partial charge in [-0.15, -0.1) is 0 Å². The van der Waals surface area contributed by atoms with Gasteiger partial charge < -0.3 is 5.11 Å². The molecular weight excluding hydrogens is 240 g/mol. The number of benzene rings is 1. The molecule has 0 bridgehead atoms. The number of hydrogen-bond donors (Lipinski definition) is 1. The van der Waals surface area contributed by atoms with E-state index in [1.54, 1.807) is 0 Å². The van der Waals surface area contributed by atoms with Crippen molar-refractivity contribution >= 4 is 11.8 Å². The van der Waals surface area contributed by atoms with E-state index in [4.69, 9.17) is 0 Å². The maximum Gasteiger partial charge on any atom is 0.0670 e. The Kier molecular flexibility index (Phi) is 5.58. The normalized spacial score (nSPS) is 18.8. The number of aryl methyl sites for hydroxylation is 1. The molecule has 0 aliphatic heterocycles. The van der Waals surface area contributed by atoms with Gasteiger partial charge in [0.1, 0.15) is 0 Å². The molecule has 1 saturated carbocycles. The van der Waals surface area contributed by atoms with Crippen molar-refractivity contribution in [2.45, 2.75) is 56.8 Å². The smallest absolute Gasteiger partial charge is 0.0670 e. The van der Waals surface area contributed by atoms with Crippen molar-refractivity contribution in [2.75, 3.05) is 5.75 Å². The van der Waals surface area contributed by atoms with Crippen LogP contribution in [0.1, 0.15) is 43.2 Å². The molecule has 0 saturated heterocycles. The quantitative estimate of drug-likeness (QED) is 0.868. The first kappa shape index (κ1) is 14.0. The highest BCUT2D eigenvalue weighted by molar-refractivity contribution is 7.99. The molecule has 1 aliphatic rings. The van der Waals surface area contributed by atoms with E-state index in [1.807, 2.05) is 11.8 Å². The summed E-state index contributed by atoms with van der Waals surface area (Å²) in [4.78, 5) is 0. The van der Waals surface area contributed by atoms with Gasteiger partial charge in [-0.05, 0) is 31.7 Å². The summed E-state index contributed by atoms with van der Waals surface area (Å²) in [5, 5.41) is 10.9. The summed E-state index contributed by atoms with van der Waals surface area (Å²) in [6, 6.07) is 8.47. The summed E-state index contributed by atoms with van der Waals surface area (Å²) in [6.45, 7) is 2.10. The lowest BCUT2D eigenvalue weighted by molar-refractivity contribution is 0.200. The summed E-state index contributed by atoms with van der Waals surface area (Å²) in [5.74, 6) is 0.888. The largest absolute Gasteiger partial charge is 0.392 e. The van der Waals surface area contributed by atoms with Gasteiger partial charge in [-0.1, -0.05) is 49.1 Å². The Labute approximate surface area is 115 Å². The molecule has 0 heterocycles. The Bertz CT molecular complexity index is 358. The maximum atomic E-state index is 10.1. The first-order valence-corrected chi connectivity index (χ1v) is 8.14. The van der Waals surface area contributed by atoms with Crippen molar-refractivity contribution < 1.29 is 5.11 Å². The zero-order valence-electron chi connectivity index (χ0n) is 11.3. The minimum absolute atomic E-state index is 0.196. The molecule has 18 heavy (non-hydrogen) atoms. The molecule has 1 atom stereocenters. The van der Waals surface area contributed by atoms with E-state index < -0.39 is 0 Å². The monoisotopic (exact) mass is 264 g/mol. The third-order valence-electron chi connectivity index (χ3n) is 3.63.